The molecule has 2 heteroatoms. The Bertz CT molecular complexity index is 692. The van der Waals surface area contributed by atoms with Crippen molar-refractivity contribution in [2.45, 2.75) is 53.4 Å². The van der Waals surface area contributed by atoms with Crippen LogP contribution in [0.1, 0.15) is 50.7 Å². The molecule has 0 radical (unpaired) electrons. The fourth-order valence-corrected chi connectivity index (χ4v) is 2.79. The van der Waals surface area contributed by atoms with Gasteiger partial charge in [-0.3, -0.25) is 9.98 Å². The Morgan fingerprint density at radius 1 is 0.792 bits per heavy atom. The summed E-state index contributed by atoms with van der Waals surface area (Å²) in [5, 5.41) is 0. The van der Waals surface area contributed by atoms with Gasteiger partial charge in [0, 0.05) is 0 Å². The smallest absolute Gasteiger partial charge is 0.0639 e. The van der Waals surface area contributed by atoms with Crippen LogP contribution in [0.25, 0.3) is 0 Å². The van der Waals surface area contributed by atoms with Gasteiger partial charge in [-0.25, -0.2) is 0 Å². The SMILES string of the molecule is CCCCC(=Nc1ccccc1)C(CC)=Nc1cc(C)cc(C)c1. The standard InChI is InChI=1S/C22H28N2/c1-5-7-13-22(23-19-11-9-8-10-12-19)21(6-2)24-20-15-17(3)14-18(4)16-20/h8-12,14-16H,5-7,13H2,1-4H3. The summed E-state index contributed by atoms with van der Waals surface area (Å²) in [6, 6.07) is 16.7. The summed E-state index contributed by atoms with van der Waals surface area (Å²) in [5.74, 6) is 0. The van der Waals surface area contributed by atoms with Crippen LogP contribution in [0.5, 0.6) is 0 Å². The number of aliphatic imine (C=N–C) groups is 2. The van der Waals surface area contributed by atoms with E-state index >= 15 is 0 Å². The van der Waals surface area contributed by atoms with E-state index in [1.807, 2.05) is 18.2 Å². The van der Waals surface area contributed by atoms with Gasteiger partial charge in [0.05, 0.1) is 22.8 Å². The third-order valence-corrected chi connectivity index (χ3v) is 3.93. The normalized spacial score (nSPS) is 12.5. The monoisotopic (exact) mass is 320 g/mol. The van der Waals surface area contributed by atoms with Gasteiger partial charge in [-0.15, -0.1) is 0 Å². The molecular formula is C22H28N2. The highest BCUT2D eigenvalue weighted by Gasteiger charge is 2.08. The zero-order valence-corrected chi connectivity index (χ0v) is 15.3. The molecule has 0 heterocycles. The highest BCUT2D eigenvalue weighted by atomic mass is 14.8. The number of hydrogen-bond donors (Lipinski definition) is 0. The van der Waals surface area contributed by atoms with E-state index < -0.39 is 0 Å². The second-order valence-corrected chi connectivity index (χ2v) is 6.26. The molecule has 0 aliphatic rings. The van der Waals surface area contributed by atoms with Crippen LogP contribution in [0.3, 0.4) is 0 Å². The molecule has 2 rings (SSSR count). The van der Waals surface area contributed by atoms with Gasteiger partial charge < -0.3 is 0 Å². The average Bonchev–Trinajstić information content (AvgIpc) is 2.56. The first-order valence-corrected chi connectivity index (χ1v) is 8.91. The van der Waals surface area contributed by atoms with E-state index in [1.165, 1.54) is 11.1 Å². The molecule has 0 fully saturated rings. The Kier molecular flexibility index (Phi) is 6.92. The van der Waals surface area contributed by atoms with Crippen molar-refractivity contribution < 1.29 is 0 Å². The number of nitrogens with zero attached hydrogens (tertiary/aromatic N) is 2. The van der Waals surface area contributed by atoms with E-state index in [0.717, 1.165) is 48.5 Å². The molecule has 0 aliphatic carbocycles. The highest BCUT2D eigenvalue weighted by molar-refractivity contribution is 6.43. The third-order valence-electron chi connectivity index (χ3n) is 3.93. The summed E-state index contributed by atoms with van der Waals surface area (Å²) >= 11 is 0. The van der Waals surface area contributed by atoms with Gasteiger partial charge in [0.15, 0.2) is 0 Å². The number of hydrogen-bond acceptors (Lipinski definition) is 2. The maximum absolute atomic E-state index is 4.93. The van der Waals surface area contributed by atoms with Crippen molar-refractivity contribution in [1.82, 2.24) is 0 Å². The van der Waals surface area contributed by atoms with Crippen LogP contribution in [0, 0.1) is 13.8 Å². The molecule has 0 unspecified atom stereocenters. The summed E-state index contributed by atoms with van der Waals surface area (Å²) in [6.07, 6.45) is 4.16. The zero-order valence-electron chi connectivity index (χ0n) is 15.3. The summed E-state index contributed by atoms with van der Waals surface area (Å²) < 4.78 is 0. The van der Waals surface area contributed by atoms with Crippen LogP contribution in [-0.4, -0.2) is 11.4 Å². The van der Waals surface area contributed by atoms with Crippen molar-refractivity contribution in [1.29, 1.82) is 0 Å². The third kappa shape index (κ3) is 5.45. The van der Waals surface area contributed by atoms with E-state index in [-0.39, 0.29) is 0 Å². The van der Waals surface area contributed by atoms with E-state index in [4.69, 9.17) is 9.98 Å². The Labute approximate surface area is 146 Å². The van der Waals surface area contributed by atoms with Crippen LogP contribution in [0.2, 0.25) is 0 Å². The molecule has 0 spiro atoms. The van der Waals surface area contributed by atoms with Gasteiger partial charge in [0.1, 0.15) is 0 Å². The lowest BCUT2D eigenvalue weighted by Gasteiger charge is -2.10. The molecule has 0 saturated carbocycles. The zero-order chi connectivity index (χ0) is 17.4. The van der Waals surface area contributed by atoms with E-state index in [2.05, 4.69) is 58.0 Å². The summed E-state index contributed by atoms with van der Waals surface area (Å²) in [7, 11) is 0. The van der Waals surface area contributed by atoms with Gasteiger partial charge in [-0.1, -0.05) is 44.5 Å². The lowest BCUT2D eigenvalue weighted by Crippen LogP contribution is -2.13. The summed E-state index contributed by atoms with van der Waals surface area (Å²) in [6.45, 7) is 8.61. The quantitative estimate of drug-likeness (QED) is 0.504. The first-order chi connectivity index (χ1) is 11.6. The number of unbranched alkanes of at least 4 members (excludes halogenated alkanes) is 1. The Balaban J connectivity index is 2.40. The van der Waals surface area contributed by atoms with E-state index in [1.54, 1.807) is 0 Å². The van der Waals surface area contributed by atoms with Crippen LogP contribution in [-0.2, 0) is 0 Å². The lowest BCUT2D eigenvalue weighted by molar-refractivity contribution is 0.837. The second-order valence-electron chi connectivity index (χ2n) is 6.26. The van der Waals surface area contributed by atoms with Crippen LogP contribution in [0.4, 0.5) is 11.4 Å². The topological polar surface area (TPSA) is 24.7 Å². The minimum Gasteiger partial charge on any atom is -0.252 e. The molecule has 0 aromatic heterocycles. The Morgan fingerprint density at radius 3 is 2.00 bits per heavy atom. The number of para-hydroxylation sites is 1. The highest BCUT2D eigenvalue weighted by Crippen LogP contribution is 2.20. The van der Waals surface area contributed by atoms with Gasteiger partial charge in [0.2, 0.25) is 0 Å². The summed E-state index contributed by atoms with van der Waals surface area (Å²) in [4.78, 5) is 9.83. The van der Waals surface area contributed by atoms with Gasteiger partial charge >= 0.3 is 0 Å². The molecule has 0 amide bonds. The van der Waals surface area contributed by atoms with Crippen molar-refractivity contribution in [2.24, 2.45) is 9.98 Å². The molecule has 126 valence electrons. The van der Waals surface area contributed by atoms with Crippen molar-refractivity contribution in [2.75, 3.05) is 0 Å². The first kappa shape index (κ1) is 18.1. The molecule has 2 nitrogen and oxygen atoms in total. The Morgan fingerprint density at radius 2 is 1.42 bits per heavy atom. The minimum atomic E-state index is 0.891. The largest absolute Gasteiger partial charge is 0.252 e. The molecule has 0 aliphatic heterocycles. The van der Waals surface area contributed by atoms with Crippen LogP contribution in [0.15, 0.2) is 58.5 Å². The minimum absolute atomic E-state index is 0.891. The fraction of sp³-hybridized carbons (Fsp3) is 0.364. The van der Waals surface area contributed by atoms with Crippen molar-refractivity contribution in [3.8, 4) is 0 Å². The molecule has 0 bridgehead atoms. The lowest BCUT2D eigenvalue weighted by atomic mass is 10.1. The van der Waals surface area contributed by atoms with Crippen molar-refractivity contribution in [3.63, 3.8) is 0 Å². The number of aryl methyl sites for hydroxylation is 2. The molecule has 0 saturated heterocycles. The van der Waals surface area contributed by atoms with Gasteiger partial charge in [0.25, 0.3) is 0 Å². The van der Waals surface area contributed by atoms with E-state index in [0.29, 0.717) is 0 Å². The van der Waals surface area contributed by atoms with Gasteiger partial charge in [-0.2, -0.15) is 0 Å². The predicted octanol–water partition coefficient (Wildman–Crippen LogP) is 6.75. The number of benzene rings is 2. The molecule has 24 heavy (non-hydrogen) atoms. The fourth-order valence-electron chi connectivity index (χ4n) is 2.79. The van der Waals surface area contributed by atoms with Crippen LogP contribution < -0.4 is 0 Å². The van der Waals surface area contributed by atoms with Crippen LogP contribution >= 0.6 is 0 Å². The van der Waals surface area contributed by atoms with Crippen molar-refractivity contribution >= 4 is 22.8 Å². The maximum Gasteiger partial charge on any atom is 0.0639 e. The maximum atomic E-state index is 4.93. The molecule has 2 aromatic carbocycles. The molecule has 2 aromatic rings. The first-order valence-electron chi connectivity index (χ1n) is 8.91. The molecule has 0 N–H and O–H groups in total. The Hall–Kier alpha value is -2.22. The summed E-state index contributed by atoms with van der Waals surface area (Å²) in [5.41, 5.74) is 6.74. The van der Waals surface area contributed by atoms with E-state index in [9.17, 15) is 0 Å². The molecular weight excluding hydrogens is 292 g/mol. The second kappa shape index (κ2) is 9.17. The van der Waals surface area contributed by atoms with Crippen molar-refractivity contribution in [3.05, 3.63) is 59.7 Å². The molecule has 0 atom stereocenters. The predicted molar refractivity (Wildman–Crippen MR) is 106 cm³/mol. The average molecular weight is 320 g/mol. The van der Waals surface area contributed by atoms with Gasteiger partial charge in [-0.05, 0) is 68.5 Å². The number of rotatable bonds is 7.